The van der Waals surface area contributed by atoms with Gasteiger partial charge in [-0.3, -0.25) is 9.69 Å². The maximum atomic E-state index is 13.8. The molecule has 0 unspecified atom stereocenters. The molecule has 3 rings (SSSR count). The molecule has 4 nitrogen and oxygen atoms in total. The van der Waals surface area contributed by atoms with Crippen molar-refractivity contribution >= 4 is 5.91 Å². The number of hydrogen-bond acceptors (Lipinski definition) is 3. The maximum Gasteiger partial charge on any atom is 0.226 e. The van der Waals surface area contributed by atoms with Gasteiger partial charge in [0.25, 0.3) is 0 Å². The second-order valence-corrected chi connectivity index (χ2v) is 6.45. The van der Waals surface area contributed by atoms with Crippen molar-refractivity contribution in [2.75, 3.05) is 32.7 Å². The number of β-amino-alcohol motifs (C(OH)–C–C–N with tert-alkyl or cyclic N) is 1. The van der Waals surface area contributed by atoms with Crippen molar-refractivity contribution in [3.05, 3.63) is 35.6 Å². The van der Waals surface area contributed by atoms with E-state index >= 15 is 0 Å². The van der Waals surface area contributed by atoms with E-state index in [9.17, 15) is 14.3 Å². The highest BCUT2D eigenvalue weighted by Crippen LogP contribution is 2.49. The molecule has 3 atom stereocenters. The van der Waals surface area contributed by atoms with Gasteiger partial charge in [0, 0.05) is 38.6 Å². The fourth-order valence-corrected chi connectivity index (χ4v) is 3.35. The summed E-state index contributed by atoms with van der Waals surface area (Å²) in [6, 6.07) is 6.75. The highest BCUT2D eigenvalue weighted by molar-refractivity contribution is 5.83. The fraction of sp³-hybridized carbons (Fsp3) is 0.588. The Morgan fingerprint density at radius 1 is 1.32 bits per heavy atom. The van der Waals surface area contributed by atoms with Crippen molar-refractivity contribution in [1.82, 2.24) is 9.80 Å². The zero-order chi connectivity index (χ0) is 15.7. The lowest BCUT2D eigenvalue weighted by Crippen LogP contribution is -2.50. The van der Waals surface area contributed by atoms with E-state index in [1.54, 1.807) is 19.1 Å². The van der Waals surface area contributed by atoms with Crippen LogP contribution in [0.1, 0.15) is 24.8 Å². The van der Waals surface area contributed by atoms with E-state index < -0.39 is 0 Å². The predicted molar refractivity (Wildman–Crippen MR) is 81.9 cm³/mol. The number of hydrogen-bond donors (Lipinski definition) is 1. The summed E-state index contributed by atoms with van der Waals surface area (Å²) in [4.78, 5) is 16.6. The first kappa shape index (κ1) is 15.4. The van der Waals surface area contributed by atoms with E-state index in [-0.39, 0.29) is 29.7 Å². The van der Waals surface area contributed by atoms with E-state index in [1.807, 2.05) is 11.0 Å². The van der Waals surface area contributed by atoms with Crippen LogP contribution in [0.15, 0.2) is 24.3 Å². The molecule has 2 aliphatic rings. The number of aliphatic hydroxyl groups excluding tert-OH is 1. The third kappa shape index (κ3) is 3.31. The van der Waals surface area contributed by atoms with E-state index in [2.05, 4.69) is 4.90 Å². The number of rotatable bonds is 4. The molecule has 1 aromatic rings. The molecule has 1 N–H and O–H groups in total. The summed E-state index contributed by atoms with van der Waals surface area (Å²) in [6.07, 6.45) is 0.421. The zero-order valence-corrected chi connectivity index (χ0v) is 12.9. The zero-order valence-electron chi connectivity index (χ0n) is 12.9. The van der Waals surface area contributed by atoms with Gasteiger partial charge in [-0.25, -0.2) is 4.39 Å². The molecule has 0 aromatic heterocycles. The Kier molecular flexibility index (Phi) is 4.45. The van der Waals surface area contributed by atoms with Crippen LogP contribution < -0.4 is 0 Å². The van der Waals surface area contributed by atoms with Crippen LogP contribution in [0, 0.1) is 11.7 Å². The van der Waals surface area contributed by atoms with Gasteiger partial charge in [0.05, 0.1) is 6.10 Å². The van der Waals surface area contributed by atoms with Gasteiger partial charge in [-0.15, -0.1) is 0 Å². The number of carbonyl (C=O) groups excluding carboxylic acids is 1. The molecule has 0 bridgehead atoms. The van der Waals surface area contributed by atoms with Crippen molar-refractivity contribution in [3.8, 4) is 0 Å². The van der Waals surface area contributed by atoms with Gasteiger partial charge in [0.2, 0.25) is 5.91 Å². The largest absolute Gasteiger partial charge is 0.392 e. The Morgan fingerprint density at radius 3 is 2.64 bits per heavy atom. The third-order valence-corrected chi connectivity index (χ3v) is 4.62. The Bertz CT molecular complexity index is 541. The van der Waals surface area contributed by atoms with E-state index in [0.29, 0.717) is 25.2 Å². The minimum absolute atomic E-state index is 0.0455. The Labute approximate surface area is 130 Å². The molecular weight excluding hydrogens is 283 g/mol. The fourth-order valence-electron chi connectivity index (χ4n) is 3.35. The summed E-state index contributed by atoms with van der Waals surface area (Å²) in [5, 5.41) is 9.41. The normalized spacial score (nSPS) is 26.8. The number of carbonyl (C=O) groups is 1. The first-order valence-corrected chi connectivity index (χ1v) is 8.00. The van der Waals surface area contributed by atoms with Crippen LogP contribution in [-0.2, 0) is 4.79 Å². The molecule has 0 radical (unpaired) electrons. The molecule has 1 aliphatic heterocycles. The van der Waals surface area contributed by atoms with Crippen molar-refractivity contribution < 1.29 is 14.3 Å². The second kappa shape index (κ2) is 6.34. The van der Waals surface area contributed by atoms with Crippen LogP contribution in [-0.4, -0.2) is 59.6 Å². The van der Waals surface area contributed by atoms with E-state index in [0.717, 1.165) is 19.5 Å². The van der Waals surface area contributed by atoms with Crippen LogP contribution in [0.25, 0.3) is 0 Å². The van der Waals surface area contributed by atoms with Gasteiger partial charge < -0.3 is 10.0 Å². The van der Waals surface area contributed by atoms with Gasteiger partial charge in [-0.2, -0.15) is 0 Å². The average Bonchev–Trinajstić information content (AvgIpc) is 3.27. The third-order valence-electron chi connectivity index (χ3n) is 4.62. The Hall–Kier alpha value is -1.46. The monoisotopic (exact) mass is 306 g/mol. The predicted octanol–water partition coefficient (Wildman–Crippen LogP) is 1.45. The molecule has 1 saturated heterocycles. The molecular formula is C17H23FN2O2. The topological polar surface area (TPSA) is 43.8 Å². The molecule has 1 saturated carbocycles. The van der Waals surface area contributed by atoms with Crippen molar-refractivity contribution in [1.29, 1.82) is 0 Å². The first-order chi connectivity index (χ1) is 10.6. The Balaban J connectivity index is 1.53. The quantitative estimate of drug-likeness (QED) is 0.916. The van der Waals surface area contributed by atoms with Crippen LogP contribution >= 0.6 is 0 Å². The number of piperazine rings is 1. The lowest BCUT2D eigenvalue weighted by Gasteiger charge is -2.35. The molecule has 2 fully saturated rings. The van der Waals surface area contributed by atoms with Crippen LogP contribution in [0.4, 0.5) is 4.39 Å². The molecule has 22 heavy (non-hydrogen) atoms. The molecule has 1 amide bonds. The van der Waals surface area contributed by atoms with Gasteiger partial charge in [-0.05, 0) is 30.9 Å². The highest BCUT2D eigenvalue weighted by atomic mass is 19.1. The number of halogens is 1. The van der Waals surface area contributed by atoms with Gasteiger partial charge >= 0.3 is 0 Å². The van der Waals surface area contributed by atoms with Crippen LogP contribution in [0.5, 0.6) is 0 Å². The molecule has 1 aliphatic carbocycles. The van der Waals surface area contributed by atoms with Gasteiger partial charge in [0.15, 0.2) is 0 Å². The summed E-state index contributed by atoms with van der Waals surface area (Å²) in [5.74, 6) is -0.0566. The van der Waals surface area contributed by atoms with Crippen molar-refractivity contribution in [2.45, 2.75) is 25.4 Å². The van der Waals surface area contributed by atoms with Gasteiger partial charge in [-0.1, -0.05) is 18.2 Å². The van der Waals surface area contributed by atoms with Gasteiger partial charge in [0.1, 0.15) is 5.82 Å². The minimum Gasteiger partial charge on any atom is -0.392 e. The summed E-state index contributed by atoms with van der Waals surface area (Å²) >= 11 is 0. The lowest BCUT2D eigenvalue weighted by molar-refractivity contribution is -0.134. The first-order valence-electron chi connectivity index (χ1n) is 8.00. The van der Waals surface area contributed by atoms with Crippen LogP contribution in [0.2, 0.25) is 0 Å². The van der Waals surface area contributed by atoms with E-state index in [1.165, 1.54) is 6.07 Å². The lowest BCUT2D eigenvalue weighted by atomic mass is 10.1. The maximum absolute atomic E-state index is 13.8. The van der Waals surface area contributed by atoms with E-state index in [4.69, 9.17) is 0 Å². The van der Waals surface area contributed by atoms with Crippen molar-refractivity contribution in [3.63, 3.8) is 0 Å². The number of benzene rings is 1. The summed E-state index contributed by atoms with van der Waals surface area (Å²) in [6.45, 7) is 5.43. The smallest absolute Gasteiger partial charge is 0.226 e. The summed E-state index contributed by atoms with van der Waals surface area (Å²) in [7, 11) is 0. The Morgan fingerprint density at radius 2 is 2.00 bits per heavy atom. The minimum atomic E-state index is -0.337. The molecule has 1 aromatic carbocycles. The highest BCUT2D eigenvalue weighted by Gasteiger charge is 2.47. The molecule has 0 spiro atoms. The number of aliphatic hydroxyl groups is 1. The molecule has 120 valence electrons. The molecule has 1 heterocycles. The summed E-state index contributed by atoms with van der Waals surface area (Å²) in [5.41, 5.74) is 0.675. The molecule has 5 heteroatoms. The standard InChI is InChI=1S/C17H23FN2O2/c1-12(21)11-19-6-8-20(9-7-19)17(22)15-10-14(15)13-4-2-3-5-16(13)18/h2-5,12,14-15,21H,6-11H2,1H3/t12-,14-,15+/m0/s1. The number of nitrogens with zero attached hydrogens (tertiary/aromatic N) is 2. The summed E-state index contributed by atoms with van der Waals surface area (Å²) < 4.78 is 13.8. The second-order valence-electron chi connectivity index (χ2n) is 6.45. The number of amides is 1. The van der Waals surface area contributed by atoms with Crippen LogP contribution in [0.3, 0.4) is 0 Å². The average molecular weight is 306 g/mol. The SMILES string of the molecule is C[C@H](O)CN1CCN(C(=O)[C@@H]2C[C@H]2c2ccccc2F)CC1. The van der Waals surface area contributed by atoms with Crippen molar-refractivity contribution in [2.24, 2.45) is 5.92 Å².